The van der Waals surface area contributed by atoms with Crippen LogP contribution in [0.5, 0.6) is 5.75 Å². The minimum atomic E-state index is -1.78. The second-order valence-electron chi connectivity index (χ2n) is 17.9. The highest BCUT2D eigenvalue weighted by molar-refractivity contribution is 5.98. The highest BCUT2D eigenvalue weighted by atomic mass is 16.3. The summed E-state index contributed by atoms with van der Waals surface area (Å²) in [5.74, 6) is -9.76. The Morgan fingerprint density at radius 3 is 2.06 bits per heavy atom. The fourth-order valence-electron chi connectivity index (χ4n) is 8.03. The van der Waals surface area contributed by atoms with Crippen LogP contribution in [0, 0.1) is 11.8 Å². The number of amides is 11. The molecule has 1 saturated carbocycles. The molecule has 7 atom stereocenters. The van der Waals surface area contributed by atoms with E-state index in [2.05, 4.69) is 49.1 Å². The van der Waals surface area contributed by atoms with Crippen LogP contribution in [0.3, 0.4) is 0 Å². The standard InChI is InChI=1S/C46H70N12O12/c1-5-25(2)41-45(69)55-30(15-17-35(47)60)43(67)57-34(21-36(48)61)44(68)56-31(16-18-38(63)50-23-39(64)53-32(26(3)52-41)19-28-11-13-29(59)14-12-28)46(70)58(4)24-40(65)54-33(42(66)51-22-37(49)62)20-27-9-7-6-8-10-27/h11-14,25,27,30-34,41,52,59H,3,5-10,15-24H2,1-2,4H3,(H2,47,60)(H2,48,61)(H2,49,62)(H,50,63)(H,51,66)(H,53,64)(H,54,65)(H,55,69)(H,56,68)(H,57,67)/t25-,30-,31-,32-,33-,34-,41-/m0/s1. The molecular weight excluding hydrogens is 913 g/mol. The van der Waals surface area contributed by atoms with Crippen LogP contribution < -0.4 is 59.7 Å². The van der Waals surface area contributed by atoms with Gasteiger partial charge in [0.05, 0.1) is 32.1 Å². The number of aromatic hydroxyl groups is 1. The molecule has 1 heterocycles. The lowest BCUT2D eigenvalue weighted by Gasteiger charge is -2.31. The highest BCUT2D eigenvalue weighted by Crippen LogP contribution is 2.27. The van der Waals surface area contributed by atoms with Crippen LogP contribution in [0.15, 0.2) is 36.5 Å². The number of carbonyl (C=O) groups excluding carboxylic acids is 11. The Hall–Kier alpha value is -7.27. The number of carbonyl (C=O) groups is 11. The van der Waals surface area contributed by atoms with Gasteiger partial charge < -0.3 is 69.7 Å². The van der Waals surface area contributed by atoms with Crippen molar-refractivity contribution in [1.29, 1.82) is 0 Å². The van der Waals surface area contributed by atoms with Crippen molar-refractivity contribution in [3.8, 4) is 5.75 Å². The summed E-state index contributed by atoms with van der Waals surface area (Å²) < 4.78 is 0. The predicted molar refractivity (Wildman–Crippen MR) is 252 cm³/mol. The average molecular weight is 983 g/mol. The Morgan fingerprint density at radius 1 is 0.800 bits per heavy atom. The molecule has 0 spiro atoms. The van der Waals surface area contributed by atoms with Gasteiger partial charge in [0.15, 0.2) is 0 Å². The van der Waals surface area contributed by atoms with Crippen molar-refractivity contribution in [3.05, 3.63) is 42.1 Å². The van der Waals surface area contributed by atoms with E-state index in [9.17, 15) is 57.8 Å². The monoisotopic (exact) mass is 983 g/mol. The zero-order valence-electron chi connectivity index (χ0n) is 40.1. The van der Waals surface area contributed by atoms with Gasteiger partial charge in [0.25, 0.3) is 0 Å². The third-order valence-corrected chi connectivity index (χ3v) is 12.2. The van der Waals surface area contributed by atoms with Gasteiger partial charge in [0, 0.05) is 25.6 Å². The lowest BCUT2D eigenvalue weighted by atomic mass is 9.84. The molecule has 24 heteroatoms. The smallest absolute Gasteiger partial charge is 0.245 e. The van der Waals surface area contributed by atoms with Crippen LogP contribution in [0.4, 0.5) is 0 Å². The first kappa shape index (κ1) is 57.1. The quantitative estimate of drug-likeness (QED) is 0.0697. The van der Waals surface area contributed by atoms with Crippen molar-refractivity contribution in [3.63, 3.8) is 0 Å². The first-order valence-electron chi connectivity index (χ1n) is 23.4. The first-order chi connectivity index (χ1) is 33.1. The molecule has 11 amide bonds. The second kappa shape index (κ2) is 28.3. The Kier molecular flexibility index (Phi) is 23.0. The summed E-state index contributed by atoms with van der Waals surface area (Å²) in [6.45, 7) is 5.95. The summed E-state index contributed by atoms with van der Waals surface area (Å²) in [4.78, 5) is 146. The molecular formula is C46H70N12O12. The van der Waals surface area contributed by atoms with Crippen molar-refractivity contribution in [2.75, 3.05) is 26.7 Å². The molecule has 2 fully saturated rings. The van der Waals surface area contributed by atoms with Gasteiger partial charge in [-0.3, -0.25) is 52.7 Å². The fourth-order valence-corrected chi connectivity index (χ4v) is 8.03. The number of phenolic OH excluding ortho intramolecular Hbond substituents is 1. The van der Waals surface area contributed by atoms with Gasteiger partial charge in [-0.1, -0.05) is 71.1 Å². The summed E-state index contributed by atoms with van der Waals surface area (Å²) in [6.07, 6.45) is 2.82. The molecule has 1 saturated heterocycles. The number of rotatable bonds is 18. The van der Waals surface area contributed by atoms with E-state index in [1.165, 1.54) is 19.2 Å². The van der Waals surface area contributed by atoms with Crippen molar-refractivity contribution in [1.82, 2.24) is 47.4 Å². The van der Waals surface area contributed by atoms with Crippen molar-refractivity contribution in [2.24, 2.45) is 29.0 Å². The Morgan fingerprint density at radius 2 is 1.44 bits per heavy atom. The van der Waals surface area contributed by atoms with Crippen molar-refractivity contribution >= 4 is 65.0 Å². The van der Waals surface area contributed by atoms with E-state index < -0.39 is 152 Å². The van der Waals surface area contributed by atoms with E-state index in [-0.39, 0.29) is 36.6 Å². The largest absolute Gasteiger partial charge is 0.508 e. The minimum Gasteiger partial charge on any atom is -0.508 e. The van der Waals surface area contributed by atoms with Crippen molar-refractivity contribution < 1.29 is 57.8 Å². The normalized spacial score (nSPS) is 22.2. The van der Waals surface area contributed by atoms with Gasteiger partial charge in [-0.2, -0.15) is 0 Å². The van der Waals surface area contributed by atoms with E-state index in [4.69, 9.17) is 17.2 Å². The average Bonchev–Trinajstić information content (AvgIpc) is 3.30. The zero-order valence-corrected chi connectivity index (χ0v) is 40.1. The van der Waals surface area contributed by atoms with Gasteiger partial charge in [-0.15, -0.1) is 0 Å². The zero-order chi connectivity index (χ0) is 52.1. The van der Waals surface area contributed by atoms with E-state index in [0.717, 1.165) is 37.0 Å². The summed E-state index contributed by atoms with van der Waals surface area (Å²) >= 11 is 0. The molecule has 0 unspecified atom stereocenters. The molecule has 24 nitrogen and oxygen atoms in total. The summed E-state index contributed by atoms with van der Waals surface area (Å²) in [6, 6.07) is -1.94. The van der Waals surface area contributed by atoms with Gasteiger partial charge in [0.2, 0.25) is 65.0 Å². The number of nitrogens with zero attached hydrogens (tertiary/aromatic N) is 1. The number of benzene rings is 1. The number of hydrogen-bond donors (Lipinski definition) is 12. The number of nitrogens with one attached hydrogen (secondary N) is 8. The van der Waals surface area contributed by atoms with Crippen LogP contribution in [-0.2, 0) is 59.2 Å². The third-order valence-electron chi connectivity index (χ3n) is 12.2. The fraction of sp³-hybridized carbons (Fsp3) is 0.587. The molecule has 1 aromatic carbocycles. The Balaban J connectivity index is 1.99. The van der Waals surface area contributed by atoms with Gasteiger partial charge in [-0.05, 0) is 55.2 Å². The maximum absolute atomic E-state index is 14.1. The lowest BCUT2D eigenvalue weighted by Crippen LogP contribution is -2.60. The number of primary amides is 3. The summed E-state index contributed by atoms with van der Waals surface area (Å²) in [5, 5.41) is 30.6. The van der Waals surface area contributed by atoms with Crippen molar-refractivity contribution in [2.45, 2.75) is 134 Å². The summed E-state index contributed by atoms with van der Waals surface area (Å²) in [5.41, 5.74) is 16.9. The Labute approximate surface area is 406 Å². The predicted octanol–water partition coefficient (Wildman–Crippen LogP) is -3.04. The lowest BCUT2D eigenvalue weighted by molar-refractivity contribution is -0.140. The van der Waals surface area contributed by atoms with Gasteiger partial charge >= 0.3 is 0 Å². The molecule has 0 aromatic heterocycles. The number of hydrogen-bond acceptors (Lipinski definition) is 13. The molecule has 3 rings (SSSR count). The maximum atomic E-state index is 14.1. The molecule has 70 heavy (non-hydrogen) atoms. The maximum Gasteiger partial charge on any atom is 0.245 e. The van der Waals surface area contributed by atoms with Crippen LogP contribution in [-0.4, -0.2) is 138 Å². The first-order valence-corrected chi connectivity index (χ1v) is 23.4. The molecule has 0 bridgehead atoms. The van der Waals surface area contributed by atoms with E-state index >= 15 is 0 Å². The van der Waals surface area contributed by atoms with E-state index in [0.29, 0.717) is 12.0 Å². The van der Waals surface area contributed by atoms with E-state index in [1.54, 1.807) is 26.0 Å². The molecule has 1 aliphatic carbocycles. The van der Waals surface area contributed by atoms with Gasteiger partial charge in [0.1, 0.15) is 36.0 Å². The number of nitrogens with two attached hydrogens (primary N) is 3. The molecule has 2 aliphatic rings. The van der Waals surface area contributed by atoms with Crippen LogP contribution in [0.2, 0.25) is 0 Å². The molecule has 1 aromatic rings. The highest BCUT2D eigenvalue weighted by Gasteiger charge is 2.35. The van der Waals surface area contributed by atoms with Gasteiger partial charge in [-0.25, -0.2) is 0 Å². The third kappa shape index (κ3) is 19.8. The van der Waals surface area contributed by atoms with Crippen LogP contribution >= 0.6 is 0 Å². The topological polar surface area (TPSA) is 386 Å². The minimum absolute atomic E-state index is 0.00692. The number of likely N-dealkylation sites (N-methyl/N-ethyl adjacent to an activating group) is 1. The Bertz CT molecular complexity index is 2080. The number of phenols is 1. The van der Waals surface area contributed by atoms with E-state index in [1.807, 2.05) is 0 Å². The van der Waals surface area contributed by atoms with Crippen LogP contribution in [0.25, 0.3) is 0 Å². The molecule has 0 radical (unpaired) electrons. The van der Waals surface area contributed by atoms with Crippen LogP contribution in [0.1, 0.15) is 96.5 Å². The molecule has 15 N–H and O–H groups in total. The molecule has 386 valence electrons. The summed E-state index contributed by atoms with van der Waals surface area (Å²) in [7, 11) is 1.22. The molecule has 1 aliphatic heterocycles. The second-order valence-corrected chi connectivity index (χ2v) is 17.9. The SMILES string of the molecule is C=C1N[C@@H]([C@@H](C)CC)C(=O)N[C@@H](CCC(N)=O)C(=O)N[C@@H](CC(N)=O)C(=O)N[C@H](C(=O)N(C)CC(=O)N[C@@H](CC2CCCCC2)C(=O)NCC(N)=O)CCC(=O)NCC(=O)N[C@H]1Cc1ccc(O)cc1.